The van der Waals surface area contributed by atoms with E-state index in [0.717, 1.165) is 0 Å². The molecule has 0 aromatic carbocycles. The van der Waals surface area contributed by atoms with E-state index >= 15 is 0 Å². The molecule has 3 heteroatoms. The molecule has 0 fully saturated rings. The molecular weight excluding hydrogens is 160 g/mol. The molecule has 0 saturated heterocycles. The van der Waals surface area contributed by atoms with Gasteiger partial charge in [-0.1, -0.05) is 20.8 Å². The predicted octanol–water partition coefficient (Wildman–Crippen LogP) is 1.77. The van der Waals surface area contributed by atoms with Gasteiger partial charge in [0, 0.05) is 4.75 Å². The van der Waals surface area contributed by atoms with E-state index in [2.05, 4.69) is 33.3 Å². The molecule has 0 bridgehead atoms. The maximum Gasteiger partial charge on any atom is 0.0823 e. The molecule has 0 aliphatic carbocycles. The second-order valence-electron chi connectivity index (χ2n) is 3.89. The molecule has 0 heterocycles. The maximum atomic E-state index is 8.58. The summed E-state index contributed by atoms with van der Waals surface area (Å²) in [7, 11) is -1.02. The van der Waals surface area contributed by atoms with Crippen LogP contribution in [0.3, 0.4) is 0 Å². The summed E-state index contributed by atoms with van der Waals surface area (Å²) < 4.78 is 5.77. The maximum absolute atomic E-state index is 8.58. The molecule has 0 aliphatic heterocycles. The van der Waals surface area contributed by atoms with Crippen molar-refractivity contribution in [3.8, 4) is 0 Å². The second-order valence-corrected chi connectivity index (χ2v) is 7.82. The zero-order valence-electron chi connectivity index (χ0n) is 8.18. The van der Waals surface area contributed by atoms with Crippen LogP contribution in [0.4, 0.5) is 0 Å². The molecule has 0 amide bonds. The van der Waals surface area contributed by atoms with Crippen molar-refractivity contribution in [3.63, 3.8) is 0 Å². The quantitative estimate of drug-likeness (QED) is 0.717. The second kappa shape index (κ2) is 3.78. The fourth-order valence-electron chi connectivity index (χ4n) is 0.422. The zero-order valence-corrected chi connectivity index (χ0v) is 8.99. The molecule has 1 N–H and O–H groups in total. The van der Waals surface area contributed by atoms with Crippen molar-refractivity contribution in [2.45, 2.75) is 25.5 Å². The van der Waals surface area contributed by atoms with Crippen LogP contribution in [0.25, 0.3) is 0 Å². The highest BCUT2D eigenvalue weighted by molar-refractivity contribution is 8.29. The van der Waals surface area contributed by atoms with Gasteiger partial charge in [0.05, 0.1) is 13.2 Å². The number of rotatable bonds is 3. The number of aliphatic hydroxyl groups is 1. The minimum atomic E-state index is -1.02. The predicted molar refractivity (Wildman–Crippen MR) is 52.2 cm³/mol. The van der Waals surface area contributed by atoms with Gasteiger partial charge >= 0.3 is 0 Å². The van der Waals surface area contributed by atoms with E-state index in [1.54, 1.807) is 0 Å². The Balaban J connectivity index is 4.00. The van der Waals surface area contributed by atoms with E-state index in [4.69, 9.17) is 9.29 Å². The van der Waals surface area contributed by atoms with E-state index in [0.29, 0.717) is 6.61 Å². The highest BCUT2D eigenvalue weighted by Gasteiger charge is 2.28. The van der Waals surface area contributed by atoms with Gasteiger partial charge in [-0.05, 0) is 12.5 Å². The van der Waals surface area contributed by atoms with Crippen LogP contribution >= 0.6 is 10.3 Å². The summed E-state index contributed by atoms with van der Waals surface area (Å²) in [6.45, 7) is 7.07. The Hall–Kier alpha value is 0.270. The van der Waals surface area contributed by atoms with Crippen LogP contribution in [-0.2, 0) is 4.18 Å². The van der Waals surface area contributed by atoms with Crippen molar-refractivity contribution < 1.29 is 9.29 Å². The van der Waals surface area contributed by atoms with Gasteiger partial charge in [-0.2, -0.15) is 0 Å². The van der Waals surface area contributed by atoms with Gasteiger partial charge in [0.1, 0.15) is 0 Å². The first-order chi connectivity index (χ1) is 4.81. The molecule has 0 aromatic heterocycles. The Morgan fingerprint density at radius 2 is 1.73 bits per heavy atom. The van der Waals surface area contributed by atoms with Crippen LogP contribution in [0.2, 0.25) is 0 Å². The molecule has 0 rings (SSSR count). The van der Waals surface area contributed by atoms with E-state index < -0.39 is 10.3 Å². The highest BCUT2D eigenvalue weighted by Crippen LogP contribution is 2.53. The Morgan fingerprint density at radius 3 is 2.00 bits per heavy atom. The van der Waals surface area contributed by atoms with Gasteiger partial charge < -0.3 is 9.29 Å². The smallest absolute Gasteiger partial charge is 0.0823 e. The Kier molecular flexibility index (Phi) is 3.88. The van der Waals surface area contributed by atoms with Gasteiger partial charge in [0.15, 0.2) is 0 Å². The third-order valence-electron chi connectivity index (χ3n) is 1.94. The summed E-state index contributed by atoms with van der Waals surface area (Å²) in [5, 5.41) is 8.58. The number of aliphatic hydroxyl groups excluding tert-OH is 1. The summed E-state index contributed by atoms with van der Waals surface area (Å²) in [6.07, 6.45) is 4.26. The minimum Gasteiger partial charge on any atom is -0.394 e. The zero-order chi connectivity index (χ0) is 9.12. The monoisotopic (exact) mass is 180 g/mol. The van der Waals surface area contributed by atoms with Crippen LogP contribution in [0.1, 0.15) is 20.8 Å². The first-order valence-corrected chi connectivity index (χ1v) is 6.17. The highest BCUT2D eigenvalue weighted by atomic mass is 32.3. The van der Waals surface area contributed by atoms with Gasteiger partial charge in [0.25, 0.3) is 0 Å². The van der Waals surface area contributed by atoms with Gasteiger partial charge in [-0.25, -0.2) is 0 Å². The summed E-state index contributed by atoms with van der Waals surface area (Å²) in [5.74, 6) is 0. The topological polar surface area (TPSA) is 29.5 Å². The molecule has 0 saturated carbocycles. The first kappa shape index (κ1) is 11.3. The lowest BCUT2D eigenvalue weighted by Crippen LogP contribution is -2.25. The van der Waals surface area contributed by atoms with Crippen molar-refractivity contribution in [1.29, 1.82) is 0 Å². The van der Waals surface area contributed by atoms with E-state index in [9.17, 15) is 0 Å². The Labute approximate surface area is 71.5 Å². The molecular formula is C8H20O2S. The lowest BCUT2D eigenvalue weighted by molar-refractivity contribution is 0.213. The van der Waals surface area contributed by atoms with Gasteiger partial charge in [0.2, 0.25) is 0 Å². The fourth-order valence-corrected chi connectivity index (χ4v) is 1.27. The Bertz CT molecular complexity index is 116. The fraction of sp³-hybridized carbons (Fsp3) is 1.00. The molecule has 0 atom stereocenters. The average molecular weight is 180 g/mol. The Morgan fingerprint density at radius 1 is 1.27 bits per heavy atom. The molecule has 0 spiro atoms. The van der Waals surface area contributed by atoms with Crippen LogP contribution < -0.4 is 0 Å². The minimum absolute atomic E-state index is 0.118. The van der Waals surface area contributed by atoms with Gasteiger partial charge in [-0.3, -0.25) is 0 Å². The van der Waals surface area contributed by atoms with Crippen molar-refractivity contribution in [1.82, 2.24) is 0 Å². The summed E-state index contributed by atoms with van der Waals surface area (Å²) >= 11 is 0. The molecule has 70 valence electrons. The number of hydrogen-bond donors (Lipinski definition) is 1. The SMILES string of the molecule is CC(C)(C)S(C)(C)OCCO. The molecule has 11 heavy (non-hydrogen) atoms. The van der Waals surface area contributed by atoms with E-state index in [1.807, 2.05) is 0 Å². The molecule has 0 aromatic rings. The average Bonchev–Trinajstić information content (AvgIpc) is 1.81. The van der Waals surface area contributed by atoms with Gasteiger partial charge in [-0.15, -0.1) is 10.3 Å². The summed E-state index contributed by atoms with van der Waals surface area (Å²) in [5.41, 5.74) is 0. The van der Waals surface area contributed by atoms with Crippen LogP contribution in [0.5, 0.6) is 0 Å². The van der Waals surface area contributed by atoms with Crippen LogP contribution in [0, 0.1) is 0 Å². The molecule has 0 unspecified atom stereocenters. The van der Waals surface area contributed by atoms with Crippen molar-refractivity contribution in [3.05, 3.63) is 0 Å². The van der Waals surface area contributed by atoms with Crippen LogP contribution in [-0.4, -0.2) is 35.6 Å². The third-order valence-corrected chi connectivity index (χ3v) is 5.65. The van der Waals surface area contributed by atoms with Crippen molar-refractivity contribution in [2.75, 3.05) is 25.7 Å². The van der Waals surface area contributed by atoms with Crippen molar-refractivity contribution >= 4 is 10.3 Å². The van der Waals surface area contributed by atoms with E-state index in [1.165, 1.54) is 0 Å². The molecule has 2 nitrogen and oxygen atoms in total. The molecule has 0 aliphatic rings. The lowest BCUT2D eigenvalue weighted by Gasteiger charge is -2.43. The normalized spacial score (nSPS) is 15.1. The lowest BCUT2D eigenvalue weighted by atomic mass is 10.3. The summed E-state index contributed by atoms with van der Waals surface area (Å²) in [6, 6.07) is 0. The standard InChI is InChI=1S/C8H20O2S/c1-8(2,3)11(4,5)10-7-6-9/h9H,6-7H2,1-5H3. The largest absolute Gasteiger partial charge is 0.394 e. The number of hydrogen-bond acceptors (Lipinski definition) is 2. The summed E-state index contributed by atoms with van der Waals surface area (Å²) in [4.78, 5) is 0. The van der Waals surface area contributed by atoms with Crippen LogP contribution in [0.15, 0.2) is 0 Å². The van der Waals surface area contributed by atoms with Crippen molar-refractivity contribution in [2.24, 2.45) is 0 Å². The van der Waals surface area contributed by atoms with E-state index in [-0.39, 0.29) is 11.4 Å². The molecule has 0 radical (unpaired) electrons. The first-order valence-electron chi connectivity index (χ1n) is 3.79. The third kappa shape index (κ3) is 3.45.